The molecule has 0 fully saturated rings. The van der Waals surface area contributed by atoms with Crippen LogP contribution < -0.4 is 5.32 Å². The highest BCUT2D eigenvalue weighted by Gasteiger charge is 2.09. The number of hydrogen-bond acceptors (Lipinski definition) is 4. The number of methoxy groups -OCH3 is 1. The minimum Gasteiger partial charge on any atom is -0.389 e. The van der Waals surface area contributed by atoms with Crippen molar-refractivity contribution in [3.8, 4) is 0 Å². The second kappa shape index (κ2) is 8.62. The van der Waals surface area contributed by atoms with Gasteiger partial charge in [0, 0.05) is 23.8 Å². The first-order valence-corrected chi connectivity index (χ1v) is 7.52. The number of halogens is 1. The molecule has 2 N–H and O–H groups in total. The summed E-state index contributed by atoms with van der Waals surface area (Å²) in [6, 6.07) is 4.11. The molecule has 1 aromatic rings. The van der Waals surface area contributed by atoms with Crippen molar-refractivity contribution in [2.45, 2.75) is 33.0 Å². The quantitative estimate of drug-likeness (QED) is 0.760. The van der Waals surface area contributed by atoms with Crippen LogP contribution in [0.5, 0.6) is 0 Å². The Morgan fingerprint density at radius 1 is 1.25 bits per heavy atom. The van der Waals surface area contributed by atoms with Crippen LogP contribution in [0, 0.1) is 13.8 Å². The van der Waals surface area contributed by atoms with Crippen molar-refractivity contribution in [3.05, 3.63) is 27.7 Å². The van der Waals surface area contributed by atoms with E-state index in [0.29, 0.717) is 19.8 Å². The van der Waals surface area contributed by atoms with Crippen LogP contribution in [0.1, 0.15) is 18.1 Å². The molecule has 114 valence electrons. The van der Waals surface area contributed by atoms with Gasteiger partial charge in [-0.1, -0.05) is 15.9 Å². The Bertz CT molecular complexity index is 403. The van der Waals surface area contributed by atoms with E-state index in [1.165, 1.54) is 11.1 Å². The van der Waals surface area contributed by atoms with Crippen molar-refractivity contribution < 1.29 is 14.6 Å². The summed E-state index contributed by atoms with van der Waals surface area (Å²) in [4.78, 5) is 0. The molecule has 0 aromatic heterocycles. The maximum Gasteiger partial charge on any atom is 0.0945 e. The Balaban J connectivity index is 2.39. The van der Waals surface area contributed by atoms with E-state index in [-0.39, 0.29) is 6.10 Å². The molecule has 5 heteroatoms. The van der Waals surface area contributed by atoms with E-state index < -0.39 is 6.10 Å². The first-order chi connectivity index (χ1) is 9.43. The van der Waals surface area contributed by atoms with Gasteiger partial charge in [0.25, 0.3) is 0 Å². The average molecular weight is 346 g/mol. The first-order valence-electron chi connectivity index (χ1n) is 6.73. The Kier molecular flexibility index (Phi) is 7.51. The summed E-state index contributed by atoms with van der Waals surface area (Å²) in [7, 11) is 1.63. The van der Waals surface area contributed by atoms with Crippen LogP contribution >= 0.6 is 15.9 Å². The van der Waals surface area contributed by atoms with Crippen LogP contribution in [0.15, 0.2) is 16.6 Å². The monoisotopic (exact) mass is 345 g/mol. The third-order valence-electron chi connectivity index (χ3n) is 2.95. The zero-order chi connectivity index (χ0) is 15.1. The van der Waals surface area contributed by atoms with Gasteiger partial charge in [0.1, 0.15) is 0 Å². The molecule has 0 saturated heterocycles. The molecule has 0 saturated carbocycles. The predicted molar refractivity (Wildman–Crippen MR) is 85.4 cm³/mol. The SMILES string of the molecule is COCC(C)OCC(O)CNc1cc(C)c(Br)c(C)c1. The summed E-state index contributed by atoms with van der Waals surface area (Å²) in [6.07, 6.45) is -0.551. The molecule has 0 amide bonds. The van der Waals surface area contributed by atoms with Gasteiger partial charge in [-0.05, 0) is 44.0 Å². The van der Waals surface area contributed by atoms with Crippen molar-refractivity contribution in [2.75, 3.05) is 32.2 Å². The third kappa shape index (κ3) is 5.79. The van der Waals surface area contributed by atoms with Crippen LogP contribution in [0.25, 0.3) is 0 Å². The molecule has 0 bridgehead atoms. The average Bonchev–Trinajstić information content (AvgIpc) is 2.40. The van der Waals surface area contributed by atoms with Gasteiger partial charge in [0.15, 0.2) is 0 Å². The highest BCUT2D eigenvalue weighted by Crippen LogP contribution is 2.24. The van der Waals surface area contributed by atoms with Crippen LogP contribution in [-0.4, -0.2) is 44.2 Å². The van der Waals surface area contributed by atoms with Gasteiger partial charge in [-0.25, -0.2) is 0 Å². The Labute approximate surface area is 129 Å². The lowest BCUT2D eigenvalue weighted by Gasteiger charge is -2.17. The fraction of sp³-hybridized carbons (Fsp3) is 0.600. The van der Waals surface area contributed by atoms with Gasteiger partial charge in [-0.15, -0.1) is 0 Å². The topological polar surface area (TPSA) is 50.7 Å². The number of hydrogen-bond donors (Lipinski definition) is 2. The fourth-order valence-electron chi connectivity index (χ4n) is 1.90. The molecule has 0 radical (unpaired) electrons. The minimum atomic E-state index is -0.543. The molecule has 0 aliphatic carbocycles. The molecule has 4 nitrogen and oxygen atoms in total. The van der Waals surface area contributed by atoms with Crippen molar-refractivity contribution in [2.24, 2.45) is 0 Å². The largest absolute Gasteiger partial charge is 0.389 e. The second-order valence-electron chi connectivity index (χ2n) is 5.06. The van der Waals surface area contributed by atoms with E-state index in [4.69, 9.17) is 9.47 Å². The van der Waals surface area contributed by atoms with Crippen molar-refractivity contribution in [1.29, 1.82) is 0 Å². The number of benzene rings is 1. The summed E-state index contributed by atoms with van der Waals surface area (Å²) in [6.45, 7) is 7.31. The highest BCUT2D eigenvalue weighted by atomic mass is 79.9. The van der Waals surface area contributed by atoms with Gasteiger partial charge in [0.05, 0.1) is 25.4 Å². The van der Waals surface area contributed by atoms with Gasteiger partial charge in [0.2, 0.25) is 0 Å². The highest BCUT2D eigenvalue weighted by molar-refractivity contribution is 9.10. The Hall–Kier alpha value is -0.620. The lowest BCUT2D eigenvalue weighted by Crippen LogP contribution is -2.28. The summed E-state index contributed by atoms with van der Waals surface area (Å²) in [5, 5.41) is 13.1. The zero-order valence-corrected chi connectivity index (χ0v) is 14.2. The van der Waals surface area contributed by atoms with Gasteiger partial charge in [-0.3, -0.25) is 0 Å². The van der Waals surface area contributed by atoms with E-state index in [2.05, 4.69) is 33.4 Å². The molecule has 0 aliphatic heterocycles. The number of aliphatic hydroxyl groups is 1. The number of rotatable bonds is 8. The molecule has 1 aromatic carbocycles. The number of aliphatic hydroxyl groups excluding tert-OH is 1. The second-order valence-corrected chi connectivity index (χ2v) is 5.85. The fourth-order valence-corrected chi connectivity index (χ4v) is 2.13. The standard InChI is InChI=1S/C15H24BrNO3/c1-10-5-13(6-11(2)15(10)16)17-7-14(18)9-20-12(3)8-19-4/h5-6,12,14,17-18H,7-9H2,1-4H3. The first kappa shape index (κ1) is 17.4. The summed E-state index contributed by atoms with van der Waals surface area (Å²) in [5.41, 5.74) is 3.35. The maximum absolute atomic E-state index is 9.88. The van der Waals surface area contributed by atoms with E-state index in [1.54, 1.807) is 7.11 Å². The molecule has 0 spiro atoms. The molecular formula is C15H24BrNO3. The van der Waals surface area contributed by atoms with Crippen molar-refractivity contribution in [3.63, 3.8) is 0 Å². The molecule has 2 unspecified atom stereocenters. The minimum absolute atomic E-state index is 0.00757. The summed E-state index contributed by atoms with van der Waals surface area (Å²) >= 11 is 3.54. The predicted octanol–water partition coefficient (Wildman–Crippen LogP) is 2.89. The van der Waals surface area contributed by atoms with Gasteiger partial charge >= 0.3 is 0 Å². The number of nitrogens with one attached hydrogen (secondary N) is 1. The third-order valence-corrected chi connectivity index (χ3v) is 4.20. The maximum atomic E-state index is 9.88. The summed E-state index contributed by atoms with van der Waals surface area (Å²) in [5.74, 6) is 0. The van der Waals surface area contributed by atoms with E-state index >= 15 is 0 Å². The zero-order valence-electron chi connectivity index (χ0n) is 12.6. The van der Waals surface area contributed by atoms with Crippen LogP contribution in [-0.2, 0) is 9.47 Å². The van der Waals surface area contributed by atoms with Crippen LogP contribution in [0.2, 0.25) is 0 Å². The smallest absolute Gasteiger partial charge is 0.0945 e. The number of aryl methyl sites for hydroxylation is 2. The lowest BCUT2D eigenvalue weighted by atomic mass is 10.1. The molecule has 0 aliphatic rings. The summed E-state index contributed by atoms with van der Waals surface area (Å²) < 4.78 is 11.6. The Morgan fingerprint density at radius 2 is 1.85 bits per heavy atom. The van der Waals surface area contributed by atoms with Crippen LogP contribution in [0.4, 0.5) is 5.69 Å². The van der Waals surface area contributed by atoms with Crippen LogP contribution in [0.3, 0.4) is 0 Å². The van der Waals surface area contributed by atoms with E-state index in [1.807, 2.05) is 20.8 Å². The lowest BCUT2D eigenvalue weighted by molar-refractivity contribution is -0.0282. The number of ether oxygens (including phenoxy) is 2. The Morgan fingerprint density at radius 3 is 2.40 bits per heavy atom. The molecule has 0 heterocycles. The van der Waals surface area contributed by atoms with Gasteiger partial charge in [-0.2, -0.15) is 0 Å². The normalized spacial score (nSPS) is 14.1. The van der Waals surface area contributed by atoms with Crippen molar-refractivity contribution in [1.82, 2.24) is 0 Å². The molecule has 2 atom stereocenters. The van der Waals surface area contributed by atoms with Crippen molar-refractivity contribution >= 4 is 21.6 Å². The molecule has 20 heavy (non-hydrogen) atoms. The van der Waals surface area contributed by atoms with E-state index in [0.717, 1.165) is 10.2 Å². The van der Waals surface area contributed by atoms with E-state index in [9.17, 15) is 5.11 Å². The number of anilines is 1. The molecule has 1 rings (SSSR count). The molecular weight excluding hydrogens is 322 g/mol. The van der Waals surface area contributed by atoms with Gasteiger partial charge < -0.3 is 19.9 Å².